The Morgan fingerprint density at radius 1 is 1.18 bits per heavy atom. The lowest BCUT2D eigenvalue weighted by Gasteiger charge is -2.33. The number of nitrogens with one attached hydrogen (secondary N) is 3. The normalized spacial score (nSPS) is 26.6. The van der Waals surface area contributed by atoms with E-state index in [4.69, 9.17) is 4.74 Å². The first-order valence-corrected chi connectivity index (χ1v) is 12.7. The highest BCUT2D eigenvalue weighted by Gasteiger charge is 2.48. The molecule has 1 saturated carbocycles. The number of aromatic nitrogens is 1. The van der Waals surface area contributed by atoms with Crippen LogP contribution in [0.3, 0.4) is 0 Å². The molecule has 3 aliphatic heterocycles. The summed E-state index contributed by atoms with van der Waals surface area (Å²) in [4.78, 5) is 45.3. The largest absolute Gasteiger partial charge is 0.381 e. The molecule has 3 fully saturated rings. The van der Waals surface area contributed by atoms with E-state index in [0.717, 1.165) is 57.2 Å². The third-order valence-electron chi connectivity index (χ3n) is 8.19. The van der Waals surface area contributed by atoms with Crippen molar-refractivity contribution < 1.29 is 19.1 Å². The summed E-state index contributed by atoms with van der Waals surface area (Å²) in [5.41, 5.74) is 0.981. The Labute approximate surface area is 200 Å². The predicted molar refractivity (Wildman–Crippen MR) is 127 cm³/mol. The molecular formula is C25H35N5O4. The van der Waals surface area contributed by atoms with Crippen LogP contribution in [0.5, 0.6) is 0 Å². The first kappa shape index (κ1) is 23.1. The number of rotatable bonds is 4. The number of ether oxygens (including phenoxy) is 1. The molecule has 34 heavy (non-hydrogen) atoms. The van der Waals surface area contributed by atoms with Crippen LogP contribution in [0.2, 0.25) is 0 Å². The van der Waals surface area contributed by atoms with Gasteiger partial charge in [0, 0.05) is 44.1 Å². The first-order chi connectivity index (χ1) is 16.5. The number of carbonyl (C=O) groups excluding carboxylic acids is 3. The van der Waals surface area contributed by atoms with Gasteiger partial charge < -0.3 is 25.6 Å². The summed E-state index contributed by atoms with van der Waals surface area (Å²) in [5.74, 6) is 0.863. The monoisotopic (exact) mass is 469 g/mol. The molecule has 0 radical (unpaired) electrons. The molecule has 3 N–H and O–H groups in total. The molecule has 1 spiro atoms. The number of carbonyl (C=O) groups is 3. The number of anilines is 2. The van der Waals surface area contributed by atoms with E-state index in [2.05, 4.69) is 27.9 Å². The number of hydrogen-bond donors (Lipinski definition) is 3. The predicted octanol–water partition coefficient (Wildman–Crippen LogP) is 3.02. The number of urea groups is 1. The first-order valence-electron chi connectivity index (χ1n) is 12.7. The average molecular weight is 470 g/mol. The molecule has 4 heterocycles. The van der Waals surface area contributed by atoms with Crippen LogP contribution in [0.4, 0.5) is 16.3 Å². The maximum absolute atomic E-state index is 13.4. The number of amides is 4. The van der Waals surface area contributed by atoms with Gasteiger partial charge in [-0.1, -0.05) is 19.8 Å². The number of hydrogen-bond acceptors (Lipinski definition) is 5. The smallest absolute Gasteiger partial charge is 0.318 e. The molecule has 5 rings (SSSR count). The maximum Gasteiger partial charge on any atom is 0.318 e. The molecule has 4 amide bonds. The van der Waals surface area contributed by atoms with Gasteiger partial charge in [0.25, 0.3) is 0 Å². The van der Waals surface area contributed by atoms with Crippen molar-refractivity contribution >= 4 is 29.4 Å². The summed E-state index contributed by atoms with van der Waals surface area (Å²) >= 11 is 0. The standard InChI is InChI=1S/C25H35N5O4/c1-16-4-6-17(7-5-16)21(29-24(33)30-10-2-3-11-30)22(31)28-20-14-19-18(15-26-20)25(23(32)27-19)8-12-34-13-9-25/h14-17,21H,2-13H2,1H3,(H,27,32)(H,29,33)(H,26,28,31). The second-order valence-corrected chi connectivity index (χ2v) is 10.4. The van der Waals surface area contributed by atoms with E-state index in [1.807, 2.05) is 0 Å². The summed E-state index contributed by atoms with van der Waals surface area (Å²) in [6.07, 6.45) is 8.91. The SMILES string of the molecule is CC1CCC(C(NC(=O)N2CCCC2)C(=O)Nc2cc3c(cn2)C2(CCOCC2)C(=O)N3)CC1. The number of fused-ring (bicyclic) bond motifs is 2. The Kier molecular flexibility index (Phi) is 6.46. The van der Waals surface area contributed by atoms with Crippen molar-refractivity contribution in [2.45, 2.75) is 69.7 Å². The van der Waals surface area contributed by atoms with Gasteiger partial charge >= 0.3 is 6.03 Å². The van der Waals surface area contributed by atoms with E-state index in [1.54, 1.807) is 17.2 Å². The molecule has 1 aliphatic carbocycles. The average Bonchev–Trinajstić information content (AvgIpc) is 3.46. The molecule has 1 aromatic heterocycles. The molecule has 4 aliphatic rings. The molecule has 184 valence electrons. The molecule has 1 unspecified atom stereocenters. The minimum atomic E-state index is -0.605. The lowest BCUT2D eigenvalue weighted by Crippen LogP contribution is -2.52. The third-order valence-corrected chi connectivity index (χ3v) is 8.19. The van der Waals surface area contributed by atoms with Gasteiger partial charge in [0.15, 0.2) is 0 Å². The summed E-state index contributed by atoms with van der Waals surface area (Å²) in [6.45, 7) is 4.80. The molecule has 2 saturated heterocycles. The minimum Gasteiger partial charge on any atom is -0.381 e. The van der Waals surface area contributed by atoms with Crippen molar-refractivity contribution in [1.82, 2.24) is 15.2 Å². The highest BCUT2D eigenvalue weighted by atomic mass is 16.5. The fourth-order valence-electron chi connectivity index (χ4n) is 5.95. The van der Waals surface area contributed by atoms with Crippen molar-refractivity contribution in [3.8, 4) is 0 Å². The van der Waals surface area contributed by atoms with E-state index in [-0.39, 0.29) is 23.8 Å². The molecule has 1 aromatic rings. The van der Waals surface area contributed by atoms with Crippen molar-refractivity contribution in [3.05, 3.63) is 17.8 Å². The molecule has 9 heteroatoms. The van der Waals surface area contributed by atoms with Crippen LogP contribution in [-0.2, 0) is 19.7 Å². The highest BCUT2D eigenvalue weighted by Crippen LogP contribution is 2.44. The quantitative estimate of drug-likeness (QED) is 0.628. The van der Waals surface area contributed by atoms with Gasteiger partial charge in [0.05, 0.1) is 11.1 Å². The van der Waals surface area contributed by atoms with Crippen molar-refractivity contribution in [3.63, 3.8) is 0 Å². The van der Waals surface area contributed by atoms with Gasteiger partial charge in [-0.05, 0) is 50.4 Å². The van der Waals surface area contributed by atoms with Crippen molar-refractivity contribution in [1.29, 1.82) is 0 Å². The number of likely N-dealkylation sites (tertiary alicyclic amines) is 1. The summed E-state index contributed by atoms with van der Waals surface area (Å²) in [7, 11) is 0. The Hall–Kier alpha value is -2.68. The van der Waals surface area contributed by atoms with Gasteiger partial charge in [-0.25, -0.2) is 9.78 Å². The van der Waals surface area contributed by atoms with Crippen LogP contribution in [0.15, 0.2) is 12.3 Å². The summed E-state index contributed by atoms with van der Waals surface area (Å²) in [6, 6.07) is 0.969. The highest BCUT2D eigenvalue weighted by molar-refractivity contribution is 6.07. The molecule has 0 aromatic carbocycles. The Morgan fingerprint density at radius 3 is 2.59 bits per heavy atom. The summed E-state index contributed by atoms with van der Waals surface area (Å²) in [5, 5.41) is 8.93. The topological polar surface area (TPSA) is 113 Å². The Balaban J connectivity index is 1.32. The van der Waals surface area contributed by atoms with Crippen LogP contribution in [0.25, 0.3) is 0 Å². The lowest BCUT2D eigenvalue weighted by atomic mass is 9.76. The fraction of sp³-hybridized carbons (Fsp3) is 0.680. The second kappa shape index (κ2) is 9.52. The maximum atomic E-state index is 13.4. The van der Waals surface area contributed by atoms with Gasteiger partial charge in [0.2, 0.25) is 11.8 Å². The van der Waals surface area contributed by atoms with Crippen LogP contribution in [-0.4, -0.2) is 60.1 Å². The van der Waals surface area contributed by atoms with Crippen LogP contribution < -0.4 is 16.0 Å². The second-order valence-electron chi connectivity index (χ2n) is 10.4. The fourth-order valence-corrected chi connectivity index (χ4v) is 5.95. The zero-order valence-corrected chi connectivity index (χ0v) is 19.9. The lowest BCUT2D eigenvalue weighted by molar-refractivity contribution is -0.124. The Morgan fingerprint density at radius 2 is 1.88 bits per heavy atom. The number of pyridine rings is 1. The molecule has 1 atom stereocenters. The Bertz CT molecular complexity index is 947. The van der Waals surface area contributed by atoms with Gasteiger partial charge in [-0.15, -0.1) is 0 Å². The number of nitrogens with zero attached hydrogens (tertiary/aromatic N) is 2. The molecular weight excluding hydrogens is 434 g/mol. The van der Waals surface area contributed by atoms with Crippen molar-refractivity contribution in [2.75, 3.05) is 36.9 Å². The van der Waals surface area contributed by atoms with Crippen molar-refractivity contribution in [2.24, 2.45) is 11.8 Å². The van der Waals surface area contributed by atoms with Crippen LogP contribution in [0, 0.1) is 11.8 Å². The molecule has 0 bridgehead atoms. The van der Waals surface area contributed by atoms with Gasteiger partial charge in [0.1, 0.15) is 11.9 Å². The van der Waals surface area contributed by atoms with E-state index in [0.29, 0.717) is 43.5 Å². The summed E-state index contributed by atoms with van der Waals surface area (Å²) < 4.78 is 5.46. The zero-order valence-electron chi connectivity index (χ0n) is 19.9. The third kappa shape index (κ3) is 4.37. The van der Waals surface area contributed by atoms with Crippen LogP contribution >= 0.6 is 0 Å². The van der Waals surface area contributed by atoms with E-state index >= 15 is 0 Å². The minimum absolute atomic E-state index is 0.0249. The van der Waals surface area contributed by atoms with E-state index in [9.17, 15) is 14.4 Å². The zero-order chi connectivity index (χ0) is 23.7. The van der Waals surface area contributed by atoms with Crippen LogP contribution in [0.1, 0.15) is 63.9 Å². The van der Waals surface area contributed by atoms with E-state index < -0.39 is 11.5 Å². The molecule has 9 nitrogen and oxygen atoms in total. The van der Waals surface area contributed by atoms with E-state index in [1.165, 1.54) is 0 Å². The van der Waals surface area contributed by atoms with Gasteiger partial charge in [-0.2, -0.15) is 0 Å². The van der Waals surface area contributed by atoms with Gasteiger partial charge in [-0.3, -0.25) is 9.59 Å².